The first-order valence-corrected chi connectivity index (χ1v) is 7.88. The number of ether oxygens (including phenoxy) is 1. The highest BCUT2D eigenvalue weighted by atomic mass is 16.5. The fourth-order valence-corrected chi connectivity index (χ4v) is 2.60. The average Bonchev–Trinajstić information content (AvgIpc) is 2.79. The lowest BCUT2D eigenvalue weighted by Crippen LogP contribution is -2.35. The molecule has 0 spiro atoms. The second kappa shape index (κ2) is 10.6. The minimum Gasteiger partial charge on any atom is -0.393 e. The zero-order valence-electron chi connectivity index (χ0n) is 12.3. The van der Waals surface area contributed by atoms with Crippen molar-refractivity contribution >= 4 is 0 Å². The predicted molar refractivity (Wildman–Crippen MR) is 77.2 cm³/mol. The quantitative estimate of drug-likeness (QED) is 0.501. The van der Waals surface area contributed by atoms with Gasteiger partial charge in [0.05, 0.1) is 18.8 Å². The van der Waals surface area contributed by atoms with Gasteiger partial charge in [0.2, 0.25) is 0 Å². The first kappa shape index (κ1) is 16.9. The zero-order chi connectivity index (χ0) is 13.9. The van der Waals surface area contributed by atoms with Crippen molar-refractivity contribution in [2.45, 2.75) is 64.1 Å². The fraction of sp³-hybridized carbons (Fsp3) is 1.00. The van der Waals surface area contributed by atoms with Gasteiger partial charge in [0.25, 0.3) is 0 Å². The molecule has 0 aromatic carbocycles. The third-order valence-corrected chi connectivity index (χ3v) is 3.86. The smallest absolute Gasteiger partial charge is 0.0897 e. The summed E-state index contributed by atoms with van der Waals surface area (Å²) in [6, 6.07) is 0. The Kier molecular flexibility index (Phi) is 9.43. The van der Waals surface area contributed by atoms with E-state index in [-0.39, 0.29) is 6.10 Å². The van der Waals surface area contributed by atoms with E-state index in [1.165, 1.54) is 19.3 Å². The SMILES string of the molecule is CCCCCCOCC(O)CNCC1CCCC1O. The number of unbranched alkanes of at least 4 members (excludes halogenated alkanes) is 3. The van der Waals surface area contributed by atoms with E-state index < -0.39 is 6.10 Å². The maximum absolute atomic E-state index is 9.74. The molecule has 0 amide bonds. The summed E-state index contributed by atoms with van der Waals surface area (Å²) >= 11 is 0. The van der Waals surface area contributed by atoms with Crippen molar-refractivity contribution in [2.75, 3.05) is 26.3 Å². The Morgan fingerprint density at radius 3 is 2.79 bits per heavy atom. The van der Waals surface area contributed by atoms with E-state index in [0.29, 0.717) is 19.1 Å². The lowest BCUT2D eigenvalue weighted by molar-refractivity contribution is 0.0340. The summed E-state index contributed by atoms with van der Waals surface area (Å²) in [6.07, 6.45) is 7.35. The predicted octanol–water partition coefficient (Wildman–Crippen LogP) is 1.69. The van der Waals surface area contributed by atoms with Crippen LogP contribution < -0.4 is 5.32 Å². The van der Waals surface area contributed by atoms with Gasteiger partial charge in [-0.2, -0.15) is 0 Å². The van der Waals surface area contributed by atoms with E-state index in [1.807, 2.05) is 0 Å². The molecule has 0 radical (unpaired) electrons. The standard InChI is InChI=1S/C15H31NO3/c1-2-3-4-5-9-19-12-14(17)11-16-10-13-7-6-8-15(13)18/h13-18H,2-12H2,1H3. The highest BCUT2D eigenvalue weighted by molar-refractivity contribution is 4.78. The zero-order valence-corrected chi connectivity index (χ0v) is 12.3. The van der Waals surface area contributed by atoms with Crippen LogP contribution in [0, 0.1) is 5.92 Å². The Labute approximate surface area is 117 Å². The number of hydrogen-bond donors (Lipinski definition) is 3. The van der Waals surface area contributed by atoms with Crippen LogP contribution in [0.1, 0.15) is 51.9 Å². The van der Waals surface area contributed by atoms with Crippen LogP contribution in [-0.4, -0.2) is 48.7 Å². The van der Waals surface area contributed by atoms with Crippen LogP contribution >= 0.6 is 0 Å². The van der Waals surface area contributed by atoms with Crippen LogP contribution in [0.25, 0.3) is 0 Å². The lowest BCUT2D eigenvalue weighted by atomic mass is 10.1. The topological polar surface area (TPSA) is 61.7 Å². The molecule has 4 nitrogen and oxygen atoms in total. The van der Waals surface area contributed by atoms with Crippen molar-refractivity contribution in [3.05, 3.63) is 0 Å². The molecule has 0 aromatic heterocycles. The molecule has 0 aliphatic heterocycles. The Bertz CT molecular complexity index is 214. The molecule has 1 aliphatic carbocycles. The number of hydrogen-bond acceptors (Lipinski definition) is 4. The number of rotatable bonds is 11. The van der Waals surface area contributed by atoms with Gasteiger partial charge in [-0.25, -0.2) is 0 Å². The van der Waals surface area contributed by atoms with Crippen molar-refractivity contribution in [1.29, 1.82) is 0 Å². The van der Waals surface area contributed by atoms with Crippen molar-refractivity contribution in [1.82, 2.24) is 5.32 Å². The minimum absolute atomic E-state index is 0.153. The van der Waals surface area contributed by atoms with Crippen LogP contribution in [0.15, 0.2) is 0 Å². The normalized spacial score (nSPS) is 24.8. The molecule has 0 heterocycles. The van der Waals surface area contributed by atoms with E-state index in [1.54, 1.807) is 0 Å². The Morgan fingerprint density at radius 2 is 2.11 bits per heavy atom. The summed E-state index contributed by atoms with van der Waals surface area (Å²) in [6.45, 7) is 4.70. The van der Waals surface area contributed by atoms with Gasteiger partial charge < -0.3 is 20.3 Å². The highest BCUT2D eigenvalue weighted by Crippen LogP contribution is 2.24. The van der Waals surface area contributed by atoms with Crippen LogP contribution in [0.3, 0.4) is 0 Å². The van der Waals surface area contributed by atoms with Gasteiger partial charge in [-0.05, 0) is 25.2 Å². The maximum atomic E-state index is 9.74. The van der Waals surface area contributed by atoms with Gasteiger partial charge in [0, 0.05) is 19.7 Å². The Hall–Kier alpha value is -0.160. The van der Waals surface area contributed by atoms with Crippen LogP contribution in [-0.2, 0) is 4.74 Å². The summed E-state index contributed by atoms with van der Waals surface area (Å²) in [4.78, 5) is 0. The fourth-order valence-electron chi connectivity index (χ4n) is 2.60. The van der Waals surface area contributed by atoms with Crippen LogP contribution in [0.5, 0.6) is 0 Å². The number of aliphatic hydroxyl groups excluding tert-OH is 2. The molecule has 3 atom stereocenters. The Morgan fingerprint density at radius 1 is 1.26 bits per heavy atom. The monoisotopic (exact) mass is 273 g/mol. The van der Waals surface area contributed by atoms with Crippen molar-refractivity contribution in [2.24, 2.45) is 5.92 Å². The van der Waals surface area contributed by atoms with E-state index >= 15 is 0 Å². The molecule has 1 saturated carbocycles. The lowest BCUT2D eigenvalue weighted by Gasteiger charge is -2.17. The third kappa shape index (κ3) is 7.88. The second-order valence-electron chi connectivity index (χ2n) is 5.71. The van der Waals surface area contributed by atoms with E-state index in [2.05, 4.69) is 12.2 Å². The molecular weight excluding hydrogens is 242 g/mol. The van der Waals surface area contributed by atoms with Crippen molar-refractivity contribution in [3.63, 3.8) is 0 Å². The van der Waals surface area contributed by atoms with Gasteiger partial charge in [0.15, 0.2) is 0 Å². The first-order valence-electron chi connectivity index (χ1n) is 7.88. The summed E-state index contributed by atoms with van der Waals surface area (Å²) in [5, 5.41) is 22.6. The summed E-state index contributed by atoms with van der Waals surface area (Å²) in [5.74, 6) is 0.363. The average molecular weight is 273 g/mol. The molecule has 1 aliphatic rings. The molecule has 3 N–H and O–H groups in total. The molecule has 114 valence electrons. The summed E-state index contributed by atoms with van der Waals surface area (Å²) in [7, 11) is 0. The van der Waals surface area contributed by atoms with Gasteiger partial charge in [-0.3, -0.25) is 0 Å². The molecule has 4 heteroatoms. The number of aliphatic hydroxyl groups is 2. The summed E-state index contributed by atoms with van der Waals surface area (Å²) in [5.41, 5.74) is 0. The van der Waals surface area contributed by atoms with E-state index in [0.717, 1.165) is 38.8 Å². The van der Waals surface area contributed by atoms with E-state index in [9.17, 15) is 10.2 Å². The first-order chi connectivity index (χ1) is 9.24. The van der Waals surface area contributed by atoms with Gasteiger partial charge in [-0.15, -0.1) is 0 Å². The third-order valence-electron chi connectivity index (χ3n) is 3.86. The van der Waals surface area contributed by atoms with Crippen molar-refractivity contribution < 1.29 is 14.9 Å². The van der Waals surface area contributed by atoms with Gasteiger partial charge in [-0.1, -0.05) is 32.6 Å². The number of nitrogens with one attached hydrogen (secondary N) is 1. The van der Waals surface area contributed by atoms with Crippen LogP contribution in [0.4, 0.5) is 0 Å². The summed E-state index contributed by atoms with van der Waals surface area (Å²) < 4.78 is 5.45. The molecule has 0 bridgehead atoms. The van der Waals surface area contributed by atoms with Gasteiger partial charge in [0.1, 0.15) is 0 Å². The highest BCUT2D eigenvalue weighted by Gasteiger charge is 2.24. The minimum atomic E-state index is -0.440. The maximum Gasteiger partial charge on any atom is 0.0897 e. The van der Waals surface area contributed by atoms with Crippen molar-refractivity contribution in [3.8, 4) is 0 Å². The molecular formula is C15H31NO3. The molecule has 1 fully saturated rings. The second-order valence-corrected chi connectivity index (χ2v) is 5.71. The molecule has 19 heavy (non-hydrogen) atoms. The van der Waals surface area contributed by atoms with Crippen LogP contribution in [0.2, 0.25) is 0 Å². The molecule has 0 aromatic rings. The molecule has 0 saturated heterocycles. The Balaban J connectivity index is 1.88. The molecule has 1 rings (SSSR count). The largest absolute Gasteiger partial charge is 0.393 e. The van der Waals surface area contributed by atoms with E-state index in [4.69, 9.17) is 4.74 Å². The molecule has 3 unspecified atom stereocenters. The van der Waals surface area contributed by atoms with Gasteiger partial charge >= 0.3 is 0 Å².